The summed E-state index contributed by atoms with van der Waals surface area (Å²) in [5.74, 6) is -2.21. The Morgan fingerprint density at radius 2 is 1.78 bits per heavy atom. The average Bonchev–Trinajstić information content (AvgIpc) is 3.81. The predicted molar refractivity (Wildman–Crippen MR) is 169 cm³/mol. The van der Waals surface area contributed by atoms with Crippen LogP contribution in [0.3, 0.4) is 0 Å². The van der Waals surface area contributed by atoms with Gasteiger partial charge in [-0.15, -0.1) is 18.3 Å². The Balaban J connectivity index is 1.35. The van der Waals surface area contributed by atoms with Crippen molar-refractivity contribution >= 4 is 34.4 Å². The van der Waals surface area contributed by atoms with Gasteiger partial charge in [-0.3, -0.25) is 14.4 Å². The van der Waals surface area contributed by atoms with Crippen LogP contribution in [0.2, 0.25) is 0 Å². The summed E-state index contributed by atoms with van der Waals surface area (Å²) in [5.41, 5.74) is 1.09. The van der Waals surface area contributed by atoms with Gasteiger partial charge in [0.05, 0.1) is 23.5 Å². The third kappa shape index (κ3) is 5.33. The number of rotatable bonds is 14. The molecule has 3 aliphatic heterocycles. The van der Waals surface area contributed by atoms with Crippen LogP contribution in [0.4, 0.5) is 5.69 Å². The number of para-hydroxylation sites is 2. The van der Waals surface area contributed by atoms with E-state index >= 15 is 0 Å². The Bertz CT molecular complexity index is 1580. The summed E-state index contributed by atoms with van der Waals surface area (Å²) < 4.78 is 8.36. The second-order valence-electron chi connectivity index (χ2n) is 12.0. The van der Waals surface area contributed by atoms with E-state index in [0.29, 0.717) is 44.2 Å². The third-order valence-corrected chi connectivity index (χ3v) is 9.41. The van der Waals surface area contributed by atoms with Crippen molar-refractivity contribution in [2.45, 2.75) is 56.5 Å². The maximum atomic E-state index is 14.7. The number of aliphatic hydroxyl groups excluding tert-OH is 1. The molecule has 2 unspecified atom stereocenters. The largest absolute Gasteiger partial charge is 0.396 e. The summed E-state index contributed by atoms with van der Waals surface area (Å²) in [6.07, 6.45) is 5.85. The standard InChI is InChI=1S/C34H40N6O5/c1-3-19-37(23-40-26-16-10-9-15-25(26)35-36-40)33(44)30-34-18-17-27(45-34)28(29(34)32(43)39(30)21-11-6-12-22-41)31(42)38(20-4-2)24-13-7-5-8-14-24/h3-5,7-10,13-16,27-30,41H,1-2,6,11-12,17-23H2/t27-,28+,29-,30?,34?/m0/s1. The molecule has 5 atom stereocenters. The van der Waals surface area contributed by atoms with Crippen LogP contribution in [-0.2, 0) is 25.8 Å². The Morgan fingerprint density at radius 1 is 1.02 bits per heavy atom. The molecule has 1 aromatic heterocycles. The van der Waals surface area contributed by atoms with Crippen molar-refractivity contribution < 1.29 is 24.2 Å². The number of aliphatic hydroxyl groups is 1. The number of benzene rings is 2. The van der Waals surface area contributed by atoms with Crippen LogP contribution < -0.4 is 4.90 Å². The molecular weight excluding hydrogens is 572 g/mol. The number of likely N-dealkylation sites (tertiary alicyclic amines) is 1. The average molecular weight is 613 g/mol. The van der Waals surface area contributed by atoms with E-state index in [9.17, 15) is 19.5 Å². The molecule has 3 aromatic rings. The van der Waals surface area contributed by atoms with Crippen molar-refractivity contribution in [3.05, 3.63) is 79.9 Å². The van der Waals surface area contributed by atoms with Gasteiger partial charge in [0.2, 0.25) is 17.7 Å². The summed E-state index contributed by atoms with van der Waals surface area (Å²) in [6.45, 7) is 8.75. The highest BCUT2D eigenvalue weighted by molar-refractivity contribution is 6.03. The van der Waals surface area contributed by atoms with Gasteiger partial charge < -0.3 is 24.5 Å². The number of carbonyl (C=O) groups excluding carboxylic acids is 3. The fourth-order valence-corrected chi connectivity index (χ4v) is 7.49. The minimum atomic E-state index is -1.13. The van der Waals surface area contributed by atoms with Crippen LogP contribution in [0.5, 0.6) is 0 Å². The fraction of sp³-hybridized carbons (Fsp3) is 0.441. The van der Waals surface area contributed by atoms with Crippen LogP contribution in [-0.4, -0.2) is 91.6 Å². The first kappa shape index (κ1) is 30.7. The van der Waals surface area contributed by atoms with Crippen molar-refractivity contribution in [2.24, 2.45) is 11.8 Å². The monoisotopic (exact) mass is 612 g/mol. The zero-order chi connectivity index (χ0) is 31.6. The first-order valence-electron chi connectivity index (χ1n) is 15.7. The van der Waals surface area contributed by atoms with Crippen molar-refractivity contribution in [1.29, 1.82) is 0 Å². The van der Waals surface area contributed by atoms with Gasteiger partial charge >= 0.3 is 0 Å². The van der Waals surface area contributed by atoms with Crippen LogP contribution >= 0.6 is 0 Å². The van der Waals surface area contributed by atoms with E-state index < -0.39 is 29.6 Å². The Kier molecular flexibility index (Phi) is 8.82. The Labute approximate surface area is 262 Å². The van der Waals surface area contributed by atoms with Gasteiger partial charge in [-0.1, -0.05) is 47.7 Å². The number of nitrogens with zero attached hydrogens (tertiary/aromatic N) is 6. The normalized spacial score (nSPS) is 25.0. The van der Waals surface area contributed by atoms with E-state index in [1.807, 2.05) is 54.6 Å². The van der Waals surface area contributed by atoms with Crippen LogP contribution in [0.15, 0.2) is 79.9 Å². The van der Waals surface area contributed by atoms with Gasteiger partial charge in [-0.25, -0.2) is 4.68 Å². The minimum absolute atomic E-state index is 0.0574. The molecule has 1 N–H and O–H groups in total. The molecule has 45 heavy (non-hydrogen) atoms. The van der Waals surface area contributed by atoms with E-state index in [-0.39, 0.29) is 44.1 Å². The minimum Gasteiger partial charge on any atom is -0.396 e. The lowest BCUT2D eigenvalue weighted by Crippen LogP contribution is -2.56. The van der Waals surface area contributed by atoms with Crippen LogP contribution in [0.1, 0.15) is 32.1 Å². The number of ether oxygens (including phenoxy) is 1. The Hall–Kier alpha value is -4.35. The molecule has 2 bridgehead atoms. The lowest BCUT2D eigenvalue weighted by molar-refractivity contribution is -0.149. The lowest BCUT2D eigenvalue weighted by Gasteiger charge is -2.37. The van der Waals surface area contributed by atoms with Gasteiger partial charge in [0.25, 0.3) is 0 Å². The molecule has 11 nitrogen and oxygen atoms in total. The second kappa shape index (κ2) is 12.9. The summed E-state index contributed by atoms with van der Waals surface area (Å²) in [5, 5.41) is 17.9. The molecule has 11 heteroatoms. The molecule has 3 amide bonds. The highest BCUT2D eigenvalue weighted by Gasteiger charge is 2.74. The summed E-state index contributed by atoms with van der Waals surface area (Å²) in [6, 6.07) is 16.0. The van der Waals surface area contributed by atoms with Gasteiger partial charge in [0, 0.05) is 31.9 Å². The number of unbranched alkanes of at least 4 members (excludes halogenated alkanes) is 2. The van der Waals surface area contributed by atoms with Gasteiger partial charge in [-0.2, -0.15) is 0 Å². The van der Waals surface area contributed by atoms with Gasteiger partial charge in [-0.05, 0) is 56.4 Å². The van der Waals surface area contributed by atoms with Crippen LogP contribution in [0, 0.1) is 11.8 Å². The highest BCUT2D eigenvalue weighted by atomic mass is 16.5. The van der Waals surface area contributed by atoms with E-state index in [2.05, 4.69) is 23.5 Å². The van der Waals surface area contributed by atoms with Crippen molar-refractivity contribution in [3.63, 3.8) is 0 Å². The number of fused-ring (bicyclic) bond motifs is 2. The van der Waals surface area contributed by atoms with Crippen molar-refractivity contribution in [2.75, 3.05) is 31.1 Å². The zero-order valence-corrected chi connectivity index (χ0v) is 25.4. The number of aromatic nitrogens is 3. The summed E-state index contributed by atoms with van der Waals surface area (Å²) >= 11 is 0. The number of hydrogen-bond donors (Lipinski definition) is 1. The first-order chi connectivity index (χ1) is 21.9. The summed E-state index contributed by atoms with van der Waals surface area (Å²) in [4.78, 5) is 48.4. The number of carbonyl (C=O) groups is 3. The Morgan fingerprint density at radius 3 is 2.53 bits per heavy atom. The maximum absolute atomic E-state index is 14.7. The van der Waals surface area contributed by atoms with Crippen molar-refractivity contribution in [3.8, 4) is 0 Å². The predicted octanol–water partition coefficient (Wildman–Crippen LogP) is 3.16. The first-order valence-corrected chi connectivity index (χ1v) is 15.7. The molecule has 6 rings (SSSR count). The van der Waals surface area contributed by atoms with E-state index in [1.165, 1.54) is 0 Å². The zero-order valence-electron chi connectivity index (χ0n) is 25.4. The second-order valence-corrected chi connectivity index (χ2v) is 12.0. The van der Waals surface area contributed by atoms with Crippen molar-refractivity contribution in [1.82, 2.24) is 24.8 Å². The molecule has 0 aliphatic carbocycles. The molecule has 0 radical (unpaired) electrons. The molecule has 3 saturated heterocycles. The third-order valence-electron chi connectivity index (χ3n) is 9.41. The summed E-state index contributed by atoms with van der Waals surface area (Å²) in [7, 11) is 0. The van der Waals surface area contributed by atoms with E-state index in [4.69, 9.17) is 4.74 Å². The number of anilines is 1. The fourth-order valence-electron chi connectivity index (χ4n) is 7.49. The molecule has 1 spiro atoms. The quantitative estimate of drug-likeness (QED) is 0.219. The molecule has 0 saturated carbocycles. The number of amides is 3. The van der Waals surface area contributed by atoms with E-state index in [1.54, 1.807) is 31.5 Å². The van der Waals surface area contributed by atoms with Crippen LogP contribution in [0.25, 0.3) is 11.0 Å². The number of hydrogen-bond acceptors (Lipinski definition) is 7. The molecule has 2 aromatic carbocycles. The highest BCUT2D eigenvalue weighted by Crippen LogP contribution is 2.59. The smallest absolute Gasteiger partial charge is 0.250 e. The topological polar surface area (TPSA) is 121 Å². The van der Waals surface area contributed by atoms with Gasteiger partial charge in [0.15, 0.2) is 0 Å². The molecule has 3 fully saturated rings. The molecular formula is C34H40N6O5. The molecule has 236 valence electrons. The molecule has 4 heterocycles. The maximum Gasteiger partial charge on any atom is 0.250 e. The lowest BCUT2D eigenvalue weighted by atomic mass is 9.70. The molecule has 3 aliphatic rings. The van der Waals surface area contributed by atoms with E-state index in [0.717, 1.165) is 11.2 Å². The van der Waals surface area contributed by atoms with Gasteiger partial charge in [0.1, 0.15) is 23.8 Å². The SMILES string of the molecule is C=CCN(Cn1nnc2ccccc21)C(=O)C1N(CCCCCO)C(=O)[C@@H]2[C@H](C(=O)N(CC=C)c3ccccc3)[C@@H]3CCC12O3.